The van der Waals surface area contributed by atoms with E-state index < -0.39 is 0 Å². The average Bonchev–Trinajstić information content (AvgIpc) is 3.00. The summed E-state index contributed by atoms with van der Waals surface area (Å²) in [5.41, 5.74) is 6.73. The number of aromatic amines is 1. The lowest BCUT2D eigenvalue weighted by molar-refractivity contribution is 0.420. The molecule has 1 saturated heterocycles. The zero-order valence-corrected chi connectivity index (χ0v) is 14.4. The molecule has 1 fully saturated rings. The minimum Gasteiger partial charge on any atom is -0.339 e. The molecule has 21 heavy (non-hydrogen) atoms. The molecule has 1 aliphatic rings. The highest BCUT2D eigenvalue weighted by atomic mass is 127. The number of nitrogens with two attached hydrogens (primary N) is 1. The quantitative estimate of drug-likeness (QED) is 0.754. The number of piperidine rings is 1. The van der Waals surface area contributed by atoms with Gasteiger partial charge in [-0.15, -0.1) is 5.10 Å². The predicted octanol–water partition coefficient (Wildman–Crippen LogP) is 2.90. The maximum absolute atomic E-state index is 6.16. The lowest BCUT2D eigenvalue weighted by Gasteiger charge is -2.31. The molecule has 2 aromatic rings. The van der Waals surface area contributed by atoms with Crippen LogP contribution in [0.2, 0.25) is 5.02 Å². The largest absolute Gasteiger partial charge is 0.339 e. The Balaban J connectivity index is 1.81. The van der Waals surface area contributed by atoms with E-state index in [1.54, 1.807) is 0 Å². The number of nitrogens with zero attached hydrogens (tertiary/aromatic N) is 3. The number of aromatic nitrogens is 3. The molecule has 0 spiro atoms. The molecule has 0 bridgehead atoms. The van der Waals surface area contributed by atoms with Gasteiger partial charge in [-0.05, 0) is 60.0 Å². The number of H-pyrrole nitrogens is 1. The Kier molecular flexibility index (Phi) is 4.66. The molecule has 0 amide bonds. The molecule has 1 aromatic carbocycles. The van der Waals surface area contributed by atoms with Gasteiger partial charge in [-0.1, -0.05) is 17.7 Å². The first kappa shape index (κ1) is 15.1. The summed E-state index contributed by atoms with van der Waals surface area (Å²) in [7, 11) is 0. The number of hydrogen-bond donors (Lipinski definition) is 2. The first-order valence-corrected chi connectivity index (χ1v) is 8.46. The normalized spacial score (nSPS) is 19.0. The molecular weight excluding hydrogens is 401 g/mol. The maximum atomic E-state index is 6.16. The molecule has 5 nitrogen and oxygen atoms in total. The van der Waals surface area contributed by atoms with Crippen LogP contribution in [-0.2, 0) is 0 Å². The van der Waals surface area contributed by atoms with E-state index in [1.165, 1.54) is 6.42 Å². The summed E-state index contributed by atoms with van der Waals surface area (Å²) in [6, 6.07) is 5.88. The van der Waals surface area contributed by atoms with Crippen LogP contribution < -0.4 is 10.6 Å². The van der Waals surface area contributed by atoms with Crippen LogP contribution in [0.3, 0.4) is 0 Å². The summed E-state index contributed by atoms with van der Waals surface area (Å²) in [5, 5.41) is 8.07. The van der Waals surface area contributed by atoms with E-state index >= 15 is 0 Å². The zero-order chi connectivity index (χ0) is 14.8. The molecule has 1 atom stereocenters. The summed E-state index contributed by atoms with van der Waals surface area (Å²) in [6.45, 7) is 2.64. The summed E-state index contributed by atoms with van der Waals surface area (Å²) in [5.74, 6) is 2.03. The number of rotatable bonds is 3. The van der Waals surface area contributed by atoms with Gasteiger partial charge in [0.2, 0.25) is 5.95 Å². The summed E-state index contributed by atoms with van der Waals surface area (Å²) >= 11 is 8.37. The summed E-state index contributed by atoms with van der Waals surface area (Å²) in [6.07, 6.45) is 2.33. The number of benzene rings is 1. The van der Waals surface area contributed by atoms with Gasteiger partial charge in [0.1, 0.15) is 0 Å². The predicted molar refractivity (Wildman–Crippen MR) is 93.5 cm³/mol. The molecule has 2 heterocycles. The van der Waals surface area contributed by atoms with Crippen molar-refractivity contribution in [3.63, 3.8) is 0 Å². The van der Waals surface area contributed by atoms with Gasteiger partial charge in [-0.2, -0.15) is 4.98 Å². The van der Waals surface area contributed by atoms with Crippen LogP contribution in [0.1, 0.15) is 12.8 Å². The average molecular weight is 418 g/mol. The third-order valence-corrected chi connectivity index (χ3v) is 5.37. The van der Waals surface area contributed by atoms with E-state index in [9.17, 15) is 0 Å². The molecule has 0 radical (unpaired) electrons. The number of anilines is 1. The highest BCUT2D eigenvalue weighted by Crippen LogP contribution is 2.26. The number of nitrogens with one attached hydrogen (secondary N) is 1. The minimum absolute atomic E-state index is 0.536. The Hall–Kier alpha value is -0.860. The SMILES string of the molecule is NCC1CCCN(c2n[nH]c(-c3ccc(I)c(Cl)c3)n2)C1. The molecule has 7 heteroatoms. The van der Waals surface area contributed by atoms with Gasteiger partial charge in [0, 0.05) is 22.2 Å². The Labute approximate surface area is 142 Å². The third-order valence-electron chi connectivity index (χ3n) is 3.80. The lowest BCUT2D eigenvalue weighted by atomic mass is 9.99. The Morgan fingerprint density at radius 2 is 2.33 bits per heavy atom. The van der Waals surface area contributed by atoms with Crippen LogP contribution in [0.4, 0.5) is 5.95 Å². The highest BCUT2D eigenvalue weighted by molar-refractivity contribution is 14.1. The van der Waals surface area contributed by atoms with Crippen molar-refractivity contribution >= 4 is 40.1 Å². The van der Waals surface area contributed by atoms with Crippen molar-refractivity contribution < 1.29 is 0 Å². The highest BCUT2D eigenvalue weighted by Gasteiger charge is 2.22. The molecule has 1 aliphatic heterocycles. The van der Waals surface area contributed by atoms with Crippen molar-refractivity contribution in [2.45, 2.75) is 12.8 Å². The van der Waals surface area contributed by atoms with Gasteiger partial charge in [0.15, 0.2) is 5.82 Å². The van der Waals surface area contributed by atoms with Crippen LogP contribution in [0, 0.1) is 9.49 Å². The van der Waals surface area contributed by atoms with Crippen LogP contribution in [0.25, 0.3) is 11.4 Å². The van der Waals surface area contributed by atoms with Crippen LogP contribution >= 0.6 is 34.2 Å². The van der Waals surface area contributed by atoms with Crippen molar-refractivity contribution in [1.29, 1.82) is 0 Å². The van der Waals surface area contributed by atoms with Gasteiger partial charge in [0.25, 0.3) is 0 Å². The Morgan fingerprint density at radius 3 is 3.10 bits per heavy atom. The van der Waals surface area contributed by atoms with Gasteiger partial charge >= 0.3 is 0 Å². The van der Waals surface area contributed by atoms with Gasteiger partial charge in [-0.3, -0.25) is 5.10 Å². The van der Waals surface area contributed by atoms with Crippen molar-refractivity contribution in [2.75, 3.05) is 24.5 Å². The maximum Gasteiger partial charge on any atom is 0.245 e. The van der Waals surface area contributed by atoms with E-state index in [2.05, 4.69) is 42.7 Å². The van der Waals surface area contributed by atoms with E-state index in [0.29, 0.717) is 5.92 Å². The molecule has 3 rings (SSSR count). The molecule has 1 unspecified atom stereocenters. The van der Waals surface area contributed by atoms with E-state index in [0.717, 1.165) is 52.0 Å². The number of halogens is 2. The second-order valence-corrected chi connectivity index (χ2v) is 6.87. The molecule has 1 aromatic heterocycles. The standard InChI is InChI=1S/C14H17ClIN5/c15-11-6-10(3-4-12(11)16)13-18-14(20-19-13)21-5-1-2-9(7-17)8-21/h3-4,6,9H,1-2,5,7-8,17H2,(H,18,19,20). The third kappa shape index (κ3) is 3.32. The van der Waals surface area contributed by atoms with Gasteiger partial charge < -0.3 is 10.6 Å². The van der Waals surface area contributed by atoms with Gasteiger partial charge in [-0.25, -0.2) is 0 Å². The Morgan fingerprint density at radius 1 is 1.48 bits per heavy atom. The number of hydrogen-bond acceptors (Lipinski definition) is 4. The monoisotopic (exact) mass is 417 g/mol. The smallest absolute Gasteiger partial charge is 0.245 e. The second-order valence-electron chi connectivity index (χ2n) is 5.30. The topological polar surface area (TPSA) is 70.8 Å². The van der Waals surface area contributed by atoms with E-state index in [-0.39, 0.29) is 0 Å². The molecule has 112 valence electrons. The van der Waals surface area contributed by atoms with Crippen molar-refractivity contribution in [2.24, 2.45) is 11.7 Å². The van der Waals surface area contributed by atoms with Crippen molar-refractivity contribution in [3.05, 3.63) is 26.8 Å². The van der Waals surface area contributed by atoms with Gasteiger partial charge in [0.05, 0.1) is 5.02 Å². The van der Waals surface area contributed by atoms with Crippen molar-refractivity contribution in [1.82, 2.24) is 15.2 Å². The van der Waals surface area contributed by atoms with Crippen molar-refractivity contribution in [3.8, 4) is 11.4 Å². The zero-order valence-electron chi connectivity index (χ0n) is 11.5. The second kappa shape index (κ2) is 6.50. The fraction of sp³-hybridized carbons (Fsp3) is 0.429. The van der Waals surface area contributed by atoms with Crippen LogP contribution in [-0.4, -0.2) is 34.8 Å². The molecular formula is C14H17ClIN5. The fourth-order valence-electron chi connectivity index (χ4n) is 2.61. The van der Waals surface area contributed by atoms with E-state index in [1.807, 2.05) is 18.2 Å². The van der Waals surface area contributed by atoms with Crippen LogP contribution in [0.5, 0.6) is 0 Å². The minimum atomic E-state index is 0.536. The van der Waals surface area contributed by atoms with Crippen LogP contribution in [0.15, 0.2) is 18.2 Å². The molecule has 3 N–H and O–H groups in total. The molecule has 0 aliphatic carbocycles. The fourth-order valence-corrected chi connectivity index (χ4v) is 3.12. The summed E-state index contributed by atoms with van der Waals surface area (Å²) in [4.78, 5) is 6.80. The first-order valence-electron chi connectivity index (χ1n) is 7.00. The Bertz CT molecular complexity index is 630. The summed E-state index contributed by atoms with van der Waals surface area (Å²) < 4.78 is 1.03. The first-order chi connectivity index (χ1) is 10.2. The molecule has 0 saturated carbocycles. The van der Waals surface area contributed by atoms with E-state index in [4.69, 9.17) is 17.3 Å². The lowest BCUT2D eigenvalue weighted by Crippen LogP contribution is -2.38.